The van der Waals surface area contributed by atoms with Gasteiger partial charge in [-0.1, -0.05) is 100 Å². The molecule has 136 valence electrons. The molecule has 2 aromatic rings. The van der Waals surface area contributed by atoms with Gasteiger partial charge in [0.15, 0.2) is 0 Å². The van der Waals surface area contributed by atoms with E-state index in [9.17, 15) is 0 Å². The van der Waals surface area contributed by atoms with E-state index >= 15 is 0 Å². The number of hydrogen-bond acceptors (Lipinski definition) is 1. The monoisotopic (exact) mass is 337 g/mol. The SMILES string of the molecule is CCCCC(Cc1ccccc1)NC(CCCC)Cc1ccccc1. The Kier molecular flexibility index (Phi) is 9.36. The first-order valence-corrected chi connectivity index (χ1v) is 10.2. The number of nitrogens with one attached hydrogen (secondary N) is 1. The molecule has 2 aromatic carbocycles. The summed E-state index contributed by atoms with van der Waals surface area (Å²) >= 11 is 0. The maximum absolute atomic E-state index is 4.02. The summed E-state index contributed by atoms with van der Waals surface area (Å²) in [5.41, 5.74) is 2.90. The van der Waals surface area contributed by atoms with E-state index in [4.69, 9.17) is 0 Å². The van der Waals surface area contributed by atoms with Crippen LogP contribution in [0.4, 0.5) is 0 Å². The van der Waals surface area contributed by atoms with Crippen molar-refractivity contribution >= 4 is 0 Å². The normalized spacial score (nSPS) is 13.5. The van der Waals surface area contributed by atoms with E-state index in [0.717, 1.165) is 12.8 Å². The number of benzene rings is 2. The van der Waals surface area contributed by atoms with Crippen molar-refractivity contribution in [2.24, 2.45) is 0 Å². The average Bonchev–Trinajstić information content (AvgIpc) is 2.66. The lowest BCUT2D eigenvalue weighted by atomic mass is 9.96. The first-order chi connectivity index (χ1) is 12.3. The third-order valence-corrected chi connectivity index (χ3v) is 4.93. The van der Waals surface area contributed by atoms with Crippen molar-refractivity contribution in [2.75, 3.05) is 0 Å². The molecule has 0 aliphatic heterocycles. The van der Waals surface area contributed by atoms with Crippen LogP contribution in [0.2, 0.25) is 0 Å². The average molecular weight is 338 g/mol. The molecule has 0 spiro atoms. The van der Waals surface area contributed by atoms with Crippen LogP contribution in [-0.2, 0) is 12.8 Å². The maximum atomic E-state index is 4.02. The molecule has 0 saturated heterocycles. The fourth-order valence-corrected chi connectivity index (χ4v) is 3.52. The second-order valence-electron chi connectivity index (χ2n) is 7.22. The Hall–Kier alpha value is -1.60. The van der Waals surface area contributed by atoms with Gasteiger partial charge in [-0.2, -0.15) is 0 Å². The molecule has 0 aliphatic rings. The Bertz CT molecular complexity index is 497. The van der Waals surface area contributed by atoms with E-state index in [-0.39, 0.29) is 0 Å². The predicted octanol–water partition coefficient (Wildman–Crippen LogP) is 6.18. The summed E-state index contributed by atoms with van der Waals surface area (Å²) < 4.78 is 0. The van der Waals surface area contributed by atoms with Gasteiger partial charge in [-0.3, -0.25) is 0 Å². The van der Waals surface area contributed by atoms with Crippen LogP contribution in [-0.4, -0.2) is 12.1 Å². The highest BCUT2D eigenvalue weighted by Gasteiger charge is 2.16. The first-order valence-electron chi connectivity index (χ1n) is 10.2. The molecule has 0 aromatic heterocycles. The molecular weight excluding hydrogens is 302 g/mol. The maximum Gasteiger partial charge on any atom is 0.0110 e. The van der Waals surface area contributed by atoms with Crippen LogP contribution in [0.3, 0.4) is 0 Å². The minimum atomic E-state index is 0.577. The molecule has 1 N–H and O–H groups in total. The molecule has 0 aliphatic carbocycles. The van der Waals surface area contributed by atoms with Gasteiger partial charge in [0, 0.05) is 12.1 Å². The van der Waals surface area contributed by atoms with E-state index in [1.165, 1.54) is 49.7 Å². The molecule has 2 rings (SSSR count). The van der Waals surface area contributed by atoms with Crippen LogP contribution < -0.4 is 5.32 Å². The van der Waals surface area contributed by atoms with E-state index in [1.54, 1.807) is 0 Å². The molecule has 1 heteroatoms. The highest BCUT2D eigenvalue weighted by Crippen LogP contribution is 2.14. The van der Waals surface area contributed by atoms with Gasteiger partial charge in [-0.05, 0) is 36.8 Å². The molecule has 0 radical (unpaired) electrons. The fourth-order valence-electron chi connectivity index (χ4n) is 3.52. The molecule has 0 fully saturated rings. The van der Waals surface area contributed by atoms with Crippen LogP contribution in [0.25, 0.3) is 0 Å². The summed E-state index contributed by atoms with van der Waals surface area (Å²) in [7, 11) is 0. The van der Waals surface area contributed by atoms with Gasteiger partial charge in [0.2, 0.25) is 0 Å². The molecule has 25 heavy (non-hydrogen) atoms. The summed E-state index contributed by atoms with van der Waals surface area (Å²) in [5, 5.41) is 4.02. The van der Waals surface area contributed by atoms with Gasteiger partial charge in [-0.25, -0.2) is 0 Å². The van der Waals surface area contributed by atoms with E-state index in [1.807, 2.05) is 0 Å². The zero-order chi connectivity index (χ0) is 17.7. The van der Waals surface area contributed by atoms with Gasteiger partial charge in [0.05, 0.1) is 0 Å². The van der Waals surface area contributed by atoms with Crippen molar-refractivity contribution in [3.63, 3.8) is 0 Å². The second kappa shape index (κ2) is 11.9. The molecule has 2 atom stereocenters. The fraction of sp³-hybridized carbons (Fsp3) is 0.500. The van der Waals surface area contributed by atoms with Gasteiger partial charge in [0.25, 0.3) is 0 Å². The van der Waals surface area contributed by atoms with Crippen molar-refractivity contribution in [3.05, 3.63) is 71.8 Å². The van der Waals surface area contributed by atoms with Gasteiger partial charge >= 0.3 is 0 Å². The molecule has 0 heterocycles. The summed E-state index contributed by atoms with van der Waals surface area (Å²) in [6.07, 6.45) is 9.95. The standard InChI is InChI=1S/C24H35N/c1-3-5-17-23(19-21-13-9-7-10-14-21)25-24(18-6-4-2)20-22-15-11-8-12-16-22/h7-16,23-25H,3-6,17-20H2,1-2H3. The van der Waals surface area contributed by atoms with Crippen LogP contribution in [0.5, 0.6) is 0 Å². The smallest absolute Gasteiger partial charge is 0.0110 e. The third-order valence-electron chi connectivity index (χ3n) is 4.93. The zero-order valence-electron chi connectivity index (χ0n) is 16.1. The summed E-state index contributed by atoms with van der Waals surface area (Å²) in [4.78, 5) is 0. The van der Waals surface area contributed by atoms with Crippen molar-refractivity contribution in [2.45, 2.75) is 77.3 Å². The number of hydrogen-bond donors (Lipinski definition) is 1. The molecular formula is C24H35N. The zero-order valence-corrected chi connectivity index (χ0v) is 16.1. The lowest BCUT2D eigenvalue weighted by Crippen LogP contribution is -2.41. The Labute approximate surface area is 154 Å². The highest BCUT2D eigenvalue weighted by atomic mass is 14.9. The van der Waals surface area contributed by atoms with Crippen molar-refractivity contribution in [3.8, 4) is 0 Å². The lowest BCUT2D eigenvalue weighted by molar-refractivity contribution is 0.372. The summed E-state index contributed by atoms with van der Waals surface area (Å²) in [6.45, 7) is 4.58. The Morgan fingerprint density at radius 3 is 1.40 bits per heavy atom. The first kappa shape index (κ1) is 19.7. The van der Waals surface area contributed by atoms with Crippen LogP contribution in [0, 0.1) is 0 Å². The van der Waals surface area contributed by atoms with Crippen LogP contribution >= 0.6 is 0 Å². The molecule has 0 bridgehead atoms. The van der Waals surface area contributed by atoms with Crippen molar-refractivity contribution < 1.29 is 0 Å². The molecule has 1 nitrogen and oxygen atoms in total. The van der Waals surface area contributed by atoms with Crippen LogP contribution in [0.15, 0.2) is 60.7 Å². The minimum absolute atomic E-state index is 0.577. The summed E-state index contributed by atoms with van der Waals surface area (Å²) in [5.74, 6) is 0. The van der Waals surface area contributed by atoms with Crippen molar-refractivity contribution in [1.82, 2.24) is 5.32 Å². The lowest BCUT2D eigenvalue weighted by Gasteiger charge is -2.26. The van der Waals surface area contributed by atoms with Crippen LogP contribution in [0.1, 0.15) is 63.5 Å². The summed E-state index contributed by atoms with van der Waals surface area (Å²) in [6, 6.07) is 23.1. The van der Waals surface area contributed by atoms with E-state index in [2.05, 4.69) is 79.8 Å². The highest BCUT2D eigenvalue weighted by molar-refractivity contribution is 5.17. The molecule has 0 amide bonds. The third kappa shape index (κ3) is 7.88. The number of rotatable bonds is 12. The quantitative estimate of drug-likeness (QED) is 0.487. The second-order valence-corrected chi connectivity index (χ2v) is 7.22. The Morgan fingerprint density at radius 2 is 1.04 bits per heavy atom. The predicted molar refractivity (Wildman–Crippen MR) is 110 cm³/mol. The number of unbranched alkanes of at least 4 members (excludes halogenated alkanes) is 2. The van der Waals surface area contributed by atoms with Gasteiger partial charge in [-0.15, -0.1) is 0 Å². The molecule has 2 unspecified atom stereocenters. The van der Waals surface area contributed by atoms with E-state index in [0.29, 0.717) is 12.1 Å². The van der Waals surface area contributed by atoms with E-state index < -0.39 is 0 Å². The Morgan fingerprint density at radius 1 is 0.640 bits per heavy atom. The Balaban J connectivity index is 2.01. The topological polar surface area (TPSA) is 12.0 Å². The van der Waals surface area contributed by atoms with Gasteiger partial charge in [0.1, 0.15) is 0 Å². The van der Waals surface area contributed by atoms with Gasteiger partial charge < -0.3 is 5.32 Å². The van der Waals surface area contributed by atoms with Crippen molar-refractivity contribution in [1.29, 1.82) is 0 Å². The molecule has 0 saturated carbocycles. The minimum Gasteiger partial charge on any atom is -0.311 e. The largest absolute Gasteiger partial charge is 0.311 e.